The average molecular weight is 517 g/mol. The second-order valence-corrected chi connectivity index (χ2v) is 7.78. The first-order chi connectivity index (χ1) is 18.3. The second kappa shape index (κ2) is 11.5. The summed E-state index contributed by atoms with van der Waals surface area (Å²) in [5.74, 6) is -1.53. The van der Waals surface area contributed by atoms with E-state index in [1.54, 1.807) is 36.4 Å². The van der Waals surface area contributed by atoms with Crippen molar-refractivity contribution in [2.75, 3.05) is 12.4 Å². The highest BCUT2D eigenvalue weighted by molar-refractivity contribution is 6.09. The molecule has 38 heavy (non-hydrogen) atoms. The predicted molar refractivity (Wildman–Crippen MR) is 135 cm³/mol. The predicted octanol–water partition coefficient (Wildman–Crippen LogP) is 3.40. The molecule has 192 valence electrons. The van der Waals surface area contributed by atoms with E-state index in [2.05, 4.69) is 25.9 Å². The van der Waals surface area contributed by atoms with Crippen molar-refractivity contribution in [2.45, 2.75) is 6.54 Å². The molecule has 1 aromatic heterocycles. The van der Waals surface area contributed by atoms with E-state index < -0.39 is 28.5 Å². The number of benzene rings is 3. The lowest BCUT2D eigenvalue weighted by atomic mass is 10.1. The maximum atomic E-state index is 13.1. The molecule has 4 rings (SSSR count). The molecule has 0 bridgehead atoms. The topological polar surface area (TPSA) is 154 Å². The number of aromatic nitrogens is 3. The van der Waals surface area contributed by atoms with Crippen LogP contribution >= 0.6 is 0 Å². The fourth-order valence-corrected chi connectivity index (χ4v) is 3.43. The number of methoxy groups -OCH3 is 1. The molecule has 1 heterocycles. The molecule has 2 N–H and O–H groups in total. The third-order valence-electron chi connectivity index (χ3n) is 5.23. The lowest BCUT2D eigenvalue weighted by Gasteiger charge is -2.10. The van der Waals surface area contributed by atoms with Crippen molar-refractivity contribution in [3.63, 3.8) is 0 Å². The van der Waals surface area contributed by atoms with Gasteiger partial charge >= 0.3 is 5.95 Å². The van der Waals surface area contributed by atoms with E-state index >= 15 is 0 Å². The number of halogens is 1. The quantitative estimate of drug-likeness (QED) is 0.196. The zero-order chi connectivity index (χ0) is 27.1. The number of hydrogen-bond acceptors (Lipinski definition) is 8. The van der Waals surface area contributed by atoms with Crippen LogP contribution < -0.4 is 15.5 Å². The second-order valence-electron chi connectivity index (χ2n) is 7.78. The van der Waals surface area contributed by atoms with Crippen molar-refractivity contribution >= 4 is 29.7 Å². The van der Waals surface area contributed by atoms with E-state index in [0.717, 1.165) is 0 Å². The lowest BCUT2D eigenvalue weighted by molar-refractivity contribution is -0.394. The maximum Gasteiger partial charge on any atom is 0.490 e. The van der Waals surface area contributed by atoms with Crippen LogP contribution in [-0.2, 0) is 6.54 Å². The van der Waals surface area contributed by atoms with Crippen LogP contribution in [0.25, 0.3) is 0 Å². The Kier molecular flexibility index (Phi) is 7.77. The molecule has 13 heteroatoms. The van der Waals surface area contributed by atoms with Crippen LogP contribution in [-0.4, -0.2) is 44.8 Å². The first-order valence-electron chi connectivity index (χ1n) is 11.0. The Labute approximate surface area is 214 Å². The van der Waals surface area contributed by atoms with E-state index in [-0.39, 0.29) is 23.4 Å². The highest BCUT2D eigenvalue weighted by Crippen LogP contribution is 2.21. The Morgan fingerprint density at radius 2 is 1.89 bits per heavy atom. The number of nitrogens with one attached hydrogen (secondary N) is 2. The van der Waals surface area contributed by atoms with Crippen LogP contribution in [0, 0.1) is 15.9 Å². The first-order valence-corrected chi connectivity index (χ1v) is 11.0. The van der Waals surface area contributed by atoms with Gasteiger partial charge in [-0.05, 0) is 65.1 Å². The van der Waals surface area contributed by atoms with Gasteiger partial charge in [-0.15, -0.1) is 0 Å². The molecule has 0 aliphatic rings. The van der Waals surface area contributed by atoms with E-state index in [1.165, 1.54) is 54.7 Å². The van der Waals surface area contributed by atoms with Gasteiger partial charge in [-0.25, -0.2) is 9.82 Å². The number of rotatable bonds is 9. The van der Waals surface area contributed by atoms with Crippen LogP contribution in [0.4, 0.5) is 16.0 Å². The number of carbonyl (C=O) groups is 2. The molecular weight excluding hydrogens is 497 g/mol. The fourth-order valence-electron chi connectivity index (χ4n) is 3.43. The van der Waals surface area contributed by atoms with Gasteiger partial charge in [0.2, 0.25) is 6.33 Å². The van der Waals surface area contributed by atoms with Crippen LogP contribution in [0.3, 0.4) is 0 Å². The van der Waals surface area contributed by atoms with Crippen molar-refractivity contribution in [3.8, 4) is 5.75 Å². The molecule has 3 aromatic carbocycles. The summed E-state index contributed by atoms with van der Waals surface area (Å²) >= 11 is 0. The zero-order valence-electron chi connectivity index (χ0n) is 19.9. The van der Waals surface area contributed by atoms with E-state index in [0.29, 0.717) is 16.9 Å². The third-order valence-corrected chi connectivity index (χ3v) is 5.23. The minimum absolute atomic E-state index is 0.152. The first kappa shape index (κ1) is 25.6. The lowest BCUT2D eigenvalue weighted by Crippen LogP contribution is -2.21. The molecule has 0 atom stereocenters. The number of anilines is 1. The van der Waals surface area contributed by atoms with E-state index in [4.69, 9.17) is 4.74 Å². The van der Waals surface area contributed by atoms with Gasteiger partial charge in [0.15, 0.2) is 0 Å². The van der Waals surface area contributed by atoms with Crippen LogP contribution in [0.2, 0.25) is 0 Å². The van der Waals surface area contributed by atoms with Crippen molar-refractivity contribution in [1.82, 2.24) is 20.2 Å². The van der Waals surface area contributed by atoms with E-state index in [9.17, 15) is 24.1 Å². The summed E-state index contributed by atoms with van der Waals surface area (Å²) in [5.41, 5.74) is 4.33. The zero-order valence-corrected chi connectivity index (χ0v) is 19.9. The molecule has 0 spiro atoms. The minimum Gasteiger partial charge on any atom is -0.496 e. The molecule has 12 nitrogen and oxygen atoms in total. The molecule has 0 radical (unpaired) electrons. The van der Waals surface area contributed by atoms with Gasteiger partial charge < -0.3 is 20.2 Å². The molecule has 0 aliphatic carbocycles. The van der Waals surface area contributed by atoms with Gasteiger partial charge in [-0.1, -0.05) is 17.1 Å². The smallest absolute Gasteiger partial charge is 0.490 e. The van der Waals surface area contributed by atoms with Crippen molar-refractivity contribution in [1.29, 1.82) is 0 Å². The summed E-state index contributed by atoms with van der Waals surface area (Å²) in [6.45, 7) is 0.152. The number of carbonyl (C=O) groups excluding carboxylic acids is 2. The molecule has 4 aromatic rings. The summed E-state index contributed by atoms with van der Waals surface area (Å²) in [6, 6.07) is 16.5. The van der Waals surface area contributed by atoms with Gasteiger partial charge in [0.25, 0.3) is 11.8 Å². The fraction of sp³-hybridized carbons (Fsp3) is 0.0800. The standard InChI is InChI=1S/C25H20FN7O5/c1-38-22-11-6-16(12-18(22)14-32-15-27-25(31-32)33(36)37)13-28-30-24(35)20-4-2-3-5-21(20)29-23(34)17-7-9-19(26)10-8-17/h2-13,15H,14H2,1H3,(H,29,34)(H,30,35)/b28-13-. The van der Waals surface area contributed by atoms with Gasteiger partial charge in [0.05, 0.1) is 31.1 Å². The number of hydrogen-bond donors (Lipinski definition) is 2. The third kappa shape index (κ3) is 6.20. The number of ether oxygens (including phenoxy) is 1. The molecule has 0 saturated carbocycles. The number of para-hydroxylation sites is 1. The number of nitro groups is 1. The molecule has 0 aliphatic heterocycles. The van der Waals surface area contributed by atoms with Crippen molar-refractivity contribution < 1.29 is 23.6 Å². The van der Waals surface area contributed by atoms with Crippen molar-refractivity contribution in [2.24, 2.45) is 5.10 Å². The SMILES string of the molecule is COc1ccc(/C=N\NC(=O)c2ccccc2NC(=O)c2ccc(F)cc2)cc1Cn1cnc([N+](=O)[O-])n1. The van der Waals surface area contributed by atoms with Gasteiger partial charge in [-0.2, -0.15) is 9.78 Å². The van der Waals surface area contributed by atoms with Crippen LogP contribution in [0.5, 0.6) is 5.75 Å². The Bertz CT molecular complexity index is 1520. The minimum atomic E-state index is -0.689. The number of amides is 2. The molecule has 0 unspecified atom stereocenters. The summed E-state index contributed by atoms with van der Waals surface area (Å²) in [7, 11) is 1.49. The summed E-state index contributed by atoms with van der Waals surface area (Å²) in [4.78, 5) is 39.0. The van der Waals surface area contributed by atoms with Gasteiger partial charge in [0, 0.05) is 16.2 Å². The summed E-state index contributed by atoms with van der Waals surface area (Å²) in [5, 5.41) is 21.3. The highest BCUT2D eigenvalue weighted by atomic mass is 19.1. The summed E-state index contributed by atoms with van der Waals surface area (Å²) < 4.78 is 19.8. The maximum absolute atomic E-state index is 13.1. The Morgan fingerprint density at radius 1 is 1.13 bits per heavy atom. The van der Waals surface area contributed by atoms with Crippen LogP contribution in [0.15, 0.2) is 78.2 Å². The number of hydrazone groups is 1. The molecule has 0 saturated heterocycles. The Balaban J connectivity index is 1.45. The molecule has 2 amide bonds. The monoisotopic (exact) mass is 517 g/mol. The van der Waals surface area contributed by atoms with Gasteiger partial charge in [-0.3, -0.25) is 9.59 Å². The normalized spacial score (nSPS) is 10.8. The van der Waals surface area contributed by atoms with E-state index in [1.807, 2.05) is 0 Å². The van der Waals surface area contributed by atoms with Gasteiger partial charge in [0.1, 0.15) is 11.6 Å². The highest BCUT2D eigenvalue weighted by Gasteiger charge is 2.16. The molecular formula is C25H20FN7O5. The average Bonchev–Trinajstić information content (AvgIpc) is 3.38. The molecule has 0 fully saturated rings. The number of nitrogens with zero attached hydrogens (tertiary/aromatic N) is 5. The van der Waals surface area contributed by atoms with Crippen LogP contribution in [0.1, 0.15) is 31.8 Å². The Morgan fingerprint density at radius 3 is 2.61 bits per heavy atom. The Hall–Kier alpha value is -5.46. The largest absolute Gasteiger partial charge is 0.496 e. The van der Waals surface area contributed by atoms with Crippen molar-refractivity contribution in [3.05, 3.63) is 111 Å². The summed E-state index contributed by atoms with van der Waals surface area (Å²) in [6.07, 6.45) is 2.65.